The smallest absolute Gasteiger partial charge is 0.272 e. The summed E-state index contributed by atoms with van der Waals surface area (Å²) in [6.07, 6.45) is 6.86. The van der Waals surface area contributed by atoms with Crippen molar-refractivity contribution in [3.8, 4) is 0 Å². The number of rotatable bonds is 3. The van der Waals surface area contributed by atoms with Crippen LogP contribution in [0.15, 0.2) is 29.6 Å². The highest BCUT2D eigenvalue weighted by Crippen LogP contribution is 2.20. The molecule has 1 saturated carbocycles. The molecule has 112 valence electrons. The highest BCUT2D eigenvalue weighted by Gasteiger charge is 2.25. The van der Waals surface area contributed by atoms with Crippen LogP contribution in [0.3, 0.4) is 0 Å². The standard InChI is InChI=1S/C14H17N3O3S/c1-21(19,20)14-16-12(11-8-4-5-9-17(11)14)13(18)15-10-6-2-3-7-10/h4-5,8-10H,2-3,6-7H2,1H3,(H,15,18). The maximum absolute atomic E-state index is 12.4. The molecule has 2 heterocycles. The predicted octanol–water partition coefficient (Wildman–Crippen LogP) is 1.41. The lowest BCUT2D eigenvalue weighted by Crippen LogP contribution is -2.32. The Bertz CT molecular complexity index is 789. The molecule has 0 atom stereocenters. The Morgan fingerprint density at radius 2 is 2.05 bits per heavy atom. The van der Waals surface area contributed by atoms with Gasteiger partial charge in [0.1, 0.15) is 0 Å². The van der Waals surface area contributed by atoms with E-state index in [1.165, 1.54) is 4.40 Å². The second kappa shape index (κ2) is 5.14. The average molecular weight is 307 g/mol. The summed E-state index contributed by atoms with van der Waals surface area (Å²) in [5, 5.41) is 2.84. The van der Waals surface area contributed by atoms with E-state index in [1.807, 2.05) is 0 Å². The van der Waals surface area contributed by atoms with Gasteiger partial charge in [0.2, 0.25) is 15.0 Å². The second-order valence-corrected chi connectivity index (χ2v) is 7.34. The molecule has 21 heavy (non-hydrogen) atoms. The second-order valence-electron chi connectivity index (χ2n) is 5.43. The molecule has 0 bridgehead atoms. The number of carbonyl (C=O) groups excluding carboxylic acids is 1. The molecule has 0 saturated heterocycles. The van der Waals surface area contributed by atoms with Crippen molar-refractivity contribution >= 4 is 21.3 Å². The van der Waals surface area contributed by atoms with Crippen molar-refractivity contribution in [2.24, 2.45) is 0 Å². The lowest BCUT2D eigenvalue weighted by Gasteiger charge is -2.10. The lowest BCUT2D eigenvalue weighted by atomic mass is 10.2. The molecule has 6 nitrogen and oxygen atoms in total. The van der Waals surface area contributed by atoms with Gasteiger partial charge in [0.25, 0.3) is 5.91 Å². The molecular weight excluding hydrogens is 290 g/mol. The molecule has 1 aliphatic carbocycles. The van der Waals surface area contributed by atoms with E-state index in [1.54, 1.807) is 24.4 Å². The van der Waals surface area contributed by atoms with Crippen LogP contribution >= 0.6 is 0 Å². The first-order valence-corrected chi connectivity index (χ1v) is 8.84. The summed E-state index contributed by atoms with van der Waals surface area (Å²) in [4.78, 5) is 16.4. The molecule has 1 amide bonds. The van der Waals surface area contributed by atoms with E-state index >= 15 is 0 Å². The van der Waals surface area contributed by atoms with E-state index in [2.05, 4.69) is 10.3 Å². The number of hydrogen-bond donors (Lipinski definition) is 1. The predicted molar refractivity (Wildman–Crippen MR) is 78.0 cm³/mol. The Morgan fingerprint density at radius 1 is 1.33 bits per heavy atom. The SMILES string of the molecule is CS(=O)(=O)c1nc(C(=O)NC2CCCC2)c2ccccn12. The largest absolute Gasteiger partial charge is 0.348 e. The number of aromatic nitrogens is 2. The van der Waals surface area contributed by atoms with Crippen LogP contribution < -0.4 is 5.32 Å². The van der Waals surface area contributed by atoms with Gasteiger partial charge in [0, 0.05) is 18.5 Å². The average Bonchev–Trinajstić information content (AvgIpc) is 3.04. The number of carbonyl (C=O) groups is 1. The number of nitrogens with one attached hydrogen (secondary N) is 1. The van der Waals surface area contributed by atoms with Gasteiger partial charge in [-0.1, -0.05) is 18.9 Å². The first-order chi connectivity index (χ1) is 9.97. The Morgan fingerprint density at radius 3 is 2.71 bits per heavy atom. The van der Waals surface area contributed by atoms with Crippen LogP contribution in [0.4, 0.5) is 0 Å². The van der Waals surface area contributed by atoms with E-state index in [4.69, 9.17) is 0 Å². The maximum Gasteiger partial charge on any atom is 0.272 e. The third-order valence-electron chi connectivity index (χ3n) is 3.75. The molecule has 1 fully saturated rings. The Balaban J connectivity index is 2.04. The van der Waals surface area contributed by atoms with E-state index in [0.29, 0.717) is 5.52 Å². The number of pyridine rings is 1. The number of hydrogen-bond acceptors (Lipinski definition) is 4. The molecule has 0 spiro atoms. The highest BCUT2D eigenvalue weighted by molar-refractivity contribution is 7.90. The molecule has 3 rings (SSSR count). The third kappa shape index (κ3) is 2.65. The molecular formula is C14H17N3O3S. The Kier molecular flexibility index (Phi) is 3.44. The summed E-state index contributed by atoms with van der Waals surface area (Å²) < 4.78 is 25.1. The van der Waals surface area contributed by atoms with Gasteiger partial charge in [0.15, 0.2) is 5.69 Å². The quantitative estimate of drug-likeness (QED) is 0.929. The molecule has 0 unspecified atom stereocenters. The van der Waals surface area contributed by atoms with Crippen molar-refractivity contribution in [2.45, 2.75) is 36.9 Å². The Labute approximate surface area is 123 Å². The zero-order valence-electron chi connectivity index (χ0n) is 11.7. The van der Waals surface area contributed by atoms with Gasteiger partial charge in [-0.3, -0.25) is 9.20 Å². The molecule has 1 N–H and O–H groups in total. The maximum atomic E-state index is 12.4. The first kappa shape index (κ1) is 14.1. The van der Waals surface area contributed by atoms with Crippen LogP contribution in [0.1, 0.15) is 36.2 Å². The number of imidazole rings is 1. The minimum Gasteiger partial charge on any atom is -0.348 e. The number of amides is 1. The van der Waals surface area contributed by atoms with E-state index in [9.17, 15) is 13.2 Å². The van der Waals surface area contributed by atoms with Crippen molar-refractivity contribution < 1.29 is 13.2 Å². The van der Waals surface area contributed by atoms with Crippen molar-refractivity contribution in [1.29, 1.82) is 0 Å². The van der Waals surface area contributed by atoms with Gasteiger partial charge < -0.3 is 5.32 Å². The molecule has 2 aromatic rings. The van der Waals surface area contributed by atoms with Crippen LogP contribution in [0.5, 0.6) is 0 Å². The molecule has 7 heteroatoms. The van der Waals surface area contributed by atoms with Crippen molar-refractivity contribution in [2.75, 3.05) is 6.26 Å². The zero-order chi connectivity index (χ0) is 15.0. The fraction of sp³-hybridized carbons (Fsp3) is 0.429. The number of fused-ring (bicyclic) bond motifs is 1. The lowest BCUT2D eigenvalue weighted by molar-refractivity contribution is 0.0934. The van der Waals surface area contributed by atoms with E-state index in [-0.39, 0.29) is 22.8 Å². The molecule has 0 aliphatic heterocycles. The number of nitrogens with zero attached hydrogens (tertiary/aromatic N) is 2. The number of sulfone groups is 1. The van der Waals surface area contributed by atoms with Crippen LogP contribution in [0.25, 0.3) is 5.52 Å². The minimum absolute atomic E-state index is 0.102. The summed E-state index contributed by atoms with van der Waals surface area (Å²) >= 11 is 0. The van der Waals surface area contributed by atoms with E-state index in [0.717, 1.165) is 31.9 Å². The summed E-state index contributed by atoms with van der Waals surface area (Å²) in [5.41, 5.74) is 0.677. The summed E-state index contributed by atoms with van der Waals surface area (Å²) in [5.74, 6) is -0.305. The first-order valence-electron chi connectivity index (χ1n) is 6.95. The van der Waals surface area contributed by atoms with Gasteiger partial charge in [0.05, 0.1) is 5.52 Å². The fourth-order valence-corrected chi connectivity index (χ4v) is 3.54. The van der Waals surface area contributed by atoms with E-state index < -0.39 is 9.84 Å². The highest BCUT2D eigenvalue weighted by atomic mass is 32.2. The monoisotopic (exact) mass is 307 g/mol. The summed E-state index contributed by atoms with van der Waals surface area (Å²) in [6, 6.07) is 5.34. The van der Waals surface area contributed by atoms with Crippen LogP contribution in [0.2, 0.25) is 0 Å². The van der Waals surface area contributed by atoms with Crippen molar-refractivity contribution in [3.63, 3.8) is 0 Å². The topological polar surface area (TPSA) is 80.5 Å². The van der Waals surface area contributed by atoms with Gasteiger partial charge in [-0.25, -0.2) is 13.4 Å². The molecule has 0 radical (unpaired) electrons. The zero-order valence-corrected chi connectivity index (χ0v) is 12.6. The normalized spacial score (nSPS) is 16.4. The summed E-state index contributed by atoms with van der Waals surface area (Å²) in [7, 11) is -3.50. The van der Waals surface area contributed by atoms with Gasteiger partial charge in [-0.05, 0) is 25.0 Å². The van der Waals surface area contributed by atoms with Crippen LogP contribution in [-0.4, -0.2) is 36.0 Å². The van der Waals surface area contributed by atoms with Crippen LogP contribution in [-0.2, 0) is 9.84 Å². The van der Waals surface area contributed by atoms with Gasteiger partial charge >= 0.3 is 0 Å². The Hall–Kier alpha value is -1.89. The van der Waals surface area contributed by atoms with Crippen LogP contribution in [0, 0.1) is 0 Å². The fourth-order valence-electron chi connectivity index (χ4n) is 2.76. The van der Waals surface area contributed by atoms with Gasteiger partial charge in [-0.2, -0.15) is 0 Å². The van der Waals surface area contributed by atoms with Crippen molar-refractivity contribution in [3.05, 3.63) is 30.1 Å². The van der Waals surface area contributed by atoms with Crippen molar-refractivity contribution in [1.82, 2.24) is 14.7 Å². The van der Waals surface area contributed by atoms with Gasteiger partial charge in [-0.15, -0.1) is 0 Å². The molecule has 2 aromatic heterocycles. The summed E-state index contributed by atoms with van der Waals surface area (Å²) in [6.45, 7) is 0. The molecule has 1 aliphatic rings. The minimum atomic E-state index is -3.50. The third-order valence-corrected chi connectivity index (χ3v) is 4.70. The molecule has 0 aromatic carbocycles.